The number of aromatic hydroxyl groups is 1. The van der Waals surface area contributed by atoms with Crippen molar-refractivity contribution in [1.29, 1.82) is 0 Å². The highest BCUT2D eigenvalue weighted by Gasteiger charge is 2.14. The second kappa shape index (κ2) is 4.73. The van der Waals surface area contributed by atoms with Crippen LogP contribution >= 0.6 is 23.2 Å². The van der Waals surface area contributed by atoms with E-state index in [0.29, 0.717) is 21.1 Å². The zero-order valence-corrected chi connectivity index (χ0v) is 11.3. The largest absolute Gasteiger partial charge is 0.478 e. The Labute approximate surface area is 122 Å². The second-order valence-corrected chi connectivity index (χ2v) is 4.77. The fraction of sp³-hybridized carbons (Fsp3) is 0. The first-order chi connectivity index (χ1) is 9.56. The van der Waals surface area contributed by atoms with Gasteiger partial charge in [0.05, 0.1) is 15.6 Å². The highest BCUT2D eigenvalue weighted by Crippen LogP contribution is 2.33. The molecule has 6 nitrogen and oxygen atoms in total. The van der Waals surface area contributed by atoms with Gasteiger partial charge in [-0.2, -0.15) is 4.98 Å². The monoisotopic (exact) mass is 308 g/mol. The lowest BCUT2D eigenvalue weighted by Crippen LogP contribution is -2.11. The van der Waals surface area contributed by atoms with Crippen LogP contribution in [0.15, 0.2) is 29.1 Å². The Morgan fingerprint density at radius 2 is 1.85 bits per heavy atom. The van der Waals surface area contributed by atoms with Gasteiger partial charge in [-0.1, -0.05) is 34.4 Å². The van der Waals surface area contributed by atoms with Crippen molar-refractivity contribution in [3.63, 3.8) is 0 Å². The standard InChI is InChI=1S/C12H6Cl2N4O2/c13-6-2-1-3-7(14)9(6)5-4-8-10(15-11(5)19)16-12(20)18-17-8/h1-4H,(H2,15,16,18,19,20). The minimum absolute atomic E-state index is 0.134. The van der Waals surface area contributed by atoms with Crippen molar-refractivity contribution in [3.05, 3.63) is 44.7 Å². The molecule has 0 bridgehead atoms. The zero-order valence-electron chi connectivity index (χ0n) is 9.76. The molecule has 1 aromatic carbocycles. The molecule has 0 spiro atoms. The van der Waals surface area contributed by atoms with E-state index in [0.717, 1.165) is 0 Å². The van der Waals surface area contributed by atoms with Crippen molar-refractivity contribution in [2.45, 2.75) is 0 Å². The van der Waals surface area contributed by atoms with Crippen LogP contribution in [0.2, 0.25) is 10.0 Å². The molecule has 0 amide bonds. The van der Waals surface area contributed by atoms with Crippen LogP contribution in [-0.4, -0.2) is 25.3 Å². The van der Waals surface area contributed by atoms with Gasteiger partial charge in [-0.15, -0.1) is 5.10 Å². The number of nitrogens with one attached hydrogen (secondary N) is 1. The van der Waals surface area contributed by atoms with E-state index in [1.807, 2.05) is 0 Å². The highest BCUT2D eigenvalue weighted by atomic mass is 35.5. The zero-order chi connectivity index (χ0) is 14.3. The molecule has 0 atom stereocenters. The Hall–Kier alpha value is -2.18. The molecular formula is C12H6Cl2N4O2. The van der Waals surface area contributed by atoms with E-state index in [2.05, 4.69) is 20.2 Å². The predicted octanol–water partition coefficient (Wildman–Crippen LogP) is 2.39. The number of fused-ring (bicyclic) bond motifs is 1. The Kier molecular flexibility index (Phi) is 3.04. The van der Waals surface area contributed by atoms with E-state index in [4.69, 9.17) is 28.3 Å². The van der Waals surface area contributed by atoms with Crippen molar-refractivity contribution in [2.24, 2.45) is 0 Å². The summed E-state index contributed by atoms with van der Waals surface area (Å²) in [5.41, 5.74) is 0.680. The number of halogens is 2. The summed E-state index contributed by atoms with van der Waals surface area (Å²) in [7, 11) is 0. The van der Waals surface area contributed by atoms with Crippen LogP contribution in [0.3, 0.4) is 0 Å². The summed E-state index contributed by atoms with van der Waals surface area (Å²) in [6, 6.07) is 5.90. The van der Waals surface area contributed by atoms with Crippen LogP contribution in [0.25, 0.3) is 22.3 Å². The van der Waals surface area contributed by atoms with Crippen molar-refractivity contribution in [1.82, 2.24) is 20.2 Å². The molecule has 100 valence electrons. The number of aromatic amines is 1. The number of aromatic nitrogens is 4. The summed E-state index contributed by atoms with van der Waals surface area (Å²) in [5, 5.41) is 17.0. The number of hydrogen-bond donors (Lipinski definition) is 2. The molecule has 3 rings (SSSR count). The van der Waals surface area contributed by atoms with E-state index < -0.39 is 11.6 Å². The van der Waals surface area contributed by atoms with Gasteiger partial charge in [0.1, 0.15) is 5.52 Å². The second-order valence-electron chi connectivity index (χ2n) is 3.95. The normalized spacial score (nSPS) is 10.9. The van der Waals surface area contributed by atoms with E-state index in [1.54, 1.807) is 18.2 Å². The molecule has 0 saturated heterocycles. The van der Waals surface area contributed by atoms with Crippen LogP contribution in [0.5, 0.6) is 6.01 Å². The van der Waals surface area contributed by atoms with Gasteiger partial charge in [0.25, 0.3) is 5.56 Å². The van der Waals surface area contributed by atoms with E-state index in [1.165, 1.54) is 6.07 Å². The summed E-state index contributed by atoms with van der Waals surface area (Å²) in [6.07, 6.45) is 0. The summed E-state index contributed by atoms with van der Waals surface area (Å²) < 4.78 is 0. The Morgan fingerprint density at radius 1 is 1.15 bits per heavy atom. The minimum Gasteiger partial charge on any atom is -0.478 e. The van der Waals surface area contributed by atoms with Crippen LogP contribution < -0.4 is 5.56 Å². The molecular weight excluding hydrogens is 303 g/mol. The molecule has 0 saturated carbocycles. The molecule has 2 heterocycles. The van der Waals surface area contributed by atoms with Crippen LogP contribution in [0.4, 0.5) is 0 Å². The molecule has 0 fully saturated rings. The average molecular weight is 309 g/mol. The molecule has 0 aliphatic rings. The molecule has 0 unspecified atom stereocenters. The quantitative estimate of drug-likeness (QED) is 0.720. The van der Waals surface area contributed by atoms with Gasteiger partial charge >= 0.3 is 6.01 Å². The van der Waals surface area contributed by atoms with Gasteiger partial charge in [0, 0.05) is 5.56 Å². The first-order valence-corrected chi connectivity index (χ1v) is 6.23. The lowest BCUT2D eigenvalue weighted by molar-refractivity contribution is 0.424. The Morgan fingerprint density at radius 3 is 2.55 bits per heavy atom. The molecule has 0 aliphatic carbocycles. The summed E-state index contributed by atoms with van der Waals surface area (Å²) in [4.78, 5) is 18.3. The number of hydrogen-bond acceptors (Lipinski definition) is 5. The van der Waals surface area contributed by atoms with Gasteiger partial charge in [-0.25, -0.2) is 0 Å². The number of pyridine rings is 1. The summed E-state index contributed by atoms with van der Waals surface area (Å²) in [5.74, 6) is 0. The molecule has 0 radical (unpaired) electrons. The molecule has 2 aromatic heterocycles. The Balaban J connectivity index is 2.35. The van der Waals surface area contributed by atoms with Gasteiger partial charge in [-0.05, 0) is 18.2 Å². The maximum absolute atomic E-state index is 12.1. The van der Waals surface area contributed by atoms with Crippen LogP contribution in [0, 0.1) is 0 Å². The third-order valence-corrected chi connectivity index (χ3v) is 3.32. The number of rotatable bonds is 1. The molecule has 2 N–H and O–H groups in total. The SMILES string of the molecule is O=c1[nH]c2nc(O)nnc2cc1-c1c(Cl)cccc1Cl. The third kappa shape index (κ3) is 2.09. The number of H-pyrrole nitrogens is 1. The number of nitrogens with zero attached hydrogens (tertiary/aromatic N) is 3. The smallest absolute Gasteiger partial charge is 0.335 e. The van der Waals surface area contributed by atoms with Gasteiger partial charge in [0.2, 0.25) is 0 Å². The molecule has 0 aliphatic heterocycles. The predicted molar refractivity (Wildman–Crippen MR) is 75.1 cm³/mol. The van der Waals surface area contributed by atoms with Gasteiger partial charge in [-0.3, -0.25) is 4.79 Å². The van der Waals surface area contributed by atoms with Crippen molar-refractivity contribution in [3.8, 4) is 17.1 Å². The lowest BCUT2D eigenvalue weighted by atomic mass is 10.1. The molecule has 3 aromatic rings. The Bertz CT molecular complexity index is 859. The molecule has 8 heteroatoms. The third-order valence-electron chi connectivity index (χ3n) is 2.69. The van der Waals surface area contributed by atoms with Crippen LogP contribution in [0.1, 0.15) is 0 Å². The fourth-order valence-corrected chi connectivity index (χ4v) is 2.43. The maximum atomic E-state index is 12.1. The summed E-state index contributed by atoms with van der Waals surface area (Å²) >= 11 is 12.2. The summed E-state index contributed by atoms with van der Waals surface area (Å²) in [6.45, 7) is 0. The average Bonchev–Trinajstić information content (AvgIpc) is 2.39. The van der Waals surface area contributed by atoms with E-state index in [9.17, 15) is 4.79 Å². The minimum atomic E-state index is -0.517. The van der Waals surface area contributed by atoms with E-state index >= 15 is 0 Å². The van der Waals surface area contributed by atoms with E-state index in [-0.39, 0.29) is 11.2 Å². The van der Waals surface area contributed by atoms with Crippen LogP contribution in [-0.2, 0) is 0 Å². The lowest BCUT2D eigenvalue weighted by Gasteiger charge is -2.06. The molecule has 20 heavy (non-hydrogen) atoms. The van der Waals surface area contributed by atoms with Gasteiger partial charge in [0.15, 0.2) is 5.65 Å². The topological polar surface area (TPSA) is 91.8 Å². The fourth-order valence-electron chi connectivity index (χ4n) is 1.83. The number of benzene rings is 1. The first kappa shape index (κ1) is 12.8. The maximum Gasteiger partial charge on any atom is 0.335 e. The van der Waals surface area contributed by atoms with Crippen molar-refractivity contribution < 1.29 is 5.11 Å². The van der Waals surface area contributed by atoms with Crippen molar-refractivity contribution in [2.75, 3.05) is 0 Å². The van der Waals surface area contributed by atoms with Gasteiger partial charge < -0.3 is 10.1 Å². The first-order valence-electron chi connectivity index (χ1n) is 5.47. The highest BCUT2D eigenvalue weighted by molar-refractivity contribution is 6.39. The van der Waals surface area contributed by atoms with Crippen molar-refractivity contribution >= 4 is 34.4 Å².